The van der Waals surface area contributed by atoms with Crippen molar-refractivity contribution in [3.05, 3.63) is 59.7 Å². The van der Waals surface area contributed by atoms with Crippen LogP contribution in [0.2, 0.25) is 0 Å². The van der Waals surface area contributed by atoms with Crippen LogP contribution in [0, 0.1) is 0 Å². The van der Waals surface area contributed by atoms with E-state index in [4.69, 9.17) is 9.47 Å². The highest BCUT2D eigenvalue weighted by molar-refractivity contribution is 6.10. The normalized spacial score (nSPS) is 13.4. The molecule has 7 nitrogen and oxygen atoms in total. The zero-order valence-electron chi connectivity index (χ0n) is 19.0. The molecule has 0 atom stereocenters. The van der Waals surface area contributed by atoms with Crippen LogP contribution in [0.25, 0.3) is 12.2 Å². The van der Waals surface area contributed by atoms with Gasteiger partial charge in [0.1, 0.15) is 0 Å². The van der Waals surface area contributed by atoms with Gasteiger partial charge in [-0.05, 0) is 73.5 Å². The van der Waals surface area contributed by atoms with Gasteiger partial charge in [0.25, 0.3) is 0 Å². The number of hydrogen-bond acceptors (Lipinski definition) is 7. The van der Waals surface area contributed by atoms with E-state index in [1.165, 1.54) is 70.9 Å². The Morgan fingerprint density at radius 2 is 1.27 bits per heavy atom. The predicted molar refractivity (Wildman–Crippen MR) is 129 cm³/mol. The van der Waals surface area contributed by atoms with Crippen molar-refractivity contribution in [2.45, 2.75) is 25.7 Å². The molecule has 176 valence electrons. The Balaban J connectivity index is 0.000000554. The number of phenols is 2. The summed E-state index contributed by atoms with van der Waals surface area (Å²) in [5.41, 5.74) is 1.33. The third-order valence-electron chi connectivity index (χ3n) is 4.89. The second-order valence-corrected chi connectivity index (χ2v) is 7.45. The molecule has 0 aromatic heterocycles. The van der Waals surface area contributed by atoms with Gasteiger partial charge in [-0.3, -0.25) is 9.59 Å². The molecule has 0 amide bonds. The SMILES string of the molecule is C1CCNCC1.COc1cc(/C=C/C(=O)CC(=O)/C=C/c2ccc(O)c(OC)c2)ccc1O. The number of benzene rings is 2. The van der Waals surface area contributed by atoms with Crippen LogP contribution in [0.3, 0.4) is 0 Å². The Bertz CT molecular complexity index is 907. The molecule has 0 unspecified atom stereocenters. The highest BCUT2D eigenvalue weighted by atomic mass is 16.5. The highest BCUT2D eigenvalue weighted by Gasteiger charge is 2.06. The quantitative estimate of drug-likeness (QED) is 0.408. The van der Waals surface area contributed by atoms with Gasteiger partial charge in [-0.15, -0.1) is 0 Å². The summed E-state index contributed by atoms with van der Waals surface area (Å²) in [5, 5.41) is 22.4. The minimum Gasteiger partial charge on any atom is -0.504 e. The standard InChI is InChI=1S/C21H20O6.C5H11N/c1-26-20-11-14(5-9-18(20)24)3-7-16(22)13-17(23)8-4-15-6-10-19(25)21(12-15)27-2;1-2-4-6-5-3-1/h3-12,24-25H,13H2,1-2H3;6H,1-5H2/b7-3+,8-4+;. The Morgan fingerprint density at radius 1 is 0.818 bits per heavy atom. The number of phenolic OH excluding ortho intramolecular Hbond substituents is 2. The third-order valence-corrected chi connectivity index (χ3v) is 4.89. The molecule has 3 rings (SSSR count). The van der Waals surface area contributed by atoms with Crippen molar-refractivity contribution in [3.63, 3.8) is 0 Å². The van der Waals surface area contributed by atoms with Crippen molar-refractivity contribution in [2.75, 3.05) is 27.3 Å². The van der Waals surface area contributed by atoms with E-state index in [0.29, 0.717) is 22.6 Å². The Hall–Kier alpha value is -3.58. The van der Waals surface area contributed by atoms with Crippen LogP contribution in [0.1, 0.15) is 36.8 Å². The number of piperidine rings is 1. The maximum absolute atomic E-state index is 11.9. The lowest BCUT2D eigenvalue weighted by molar-refractivity contribution is -0.121. The van der Waals surface area contributed by atoms with E-state index in [-0.39, 0.29) is 29.5 Å². The van der Waals surface area contributed by atoms with Crippen LogP contribution in [0.4, 0.5) is 0 Å². The zero-order chi connectivity index (χ0) is 24.1. The lowest BCUT2D eigenvalue weighted by Crippen LogP contribution is -2.21. The fourth-order valence-electron chi connectivity index (χ4n) is 3.07. The van der Waals surface area contributed by atoms with Crippen LogP contribution < -0.4 is 14.8 Å². The Kier molecular flexibility index (Phi) is 10.7. The number of carbonyl (C=O) groups excluding carboxylic acids is 2. The molecule has 2 aromatic rings. The van der Waals surface area contributed by atoms with E-state index < -0.39 is 0 Å². The van der Waals surface area contributed by atoms with Crippen molar-refractivity contribution in [2.24, 2.45) is 0 Å². The number of aromatic hydroxyl groups is 2. The summed E-state index contributed by atoms with van der Waals surface area (Å²) >= 11 is 0. The number of rotatable bonds is 8. The first-order chi connectivity index (χ1) is 15.9. The maximum atomic E-state index is 11.9. The molecule has 1 heterocycles. The minimum absolute atomic E-state index is 0.00662. The predicted octanol–water partition coefficient (Wildman–Crippen LogP) is 4.13. The number of carbonyl (C=O) groups is 2. The summed E-state index contributed by atoms with van der Waals surface area (Å²) in [4.78, 5) is 23.9. The van der Waals surface area contributed by atoms with Gasteiger partial charge in [-0.25, -0.2) is 0 Å². The third kappa shape index (κ3) is 9.21. The number of methoxy groups -OCH3 is 2. The molecular formula is C26H31NO6. The van der Waals surface area contributed by atoms with Crippen molar-refractivity contribution in [1.29, 1.82) is 0 Å². The molecule has 0 spiro atoms. The number of hydrogen-bond donors (Lipinski definition) is 3. The molecule has 1 aliphatic rings. The zero-order valence-corrected chi connectivity index (χ0v) is 19.0. The van der Waals surface area contributed by atoms with Crippen LogP contribution in [-0.4, -0.2) is 49.1 Å². The first kappa shape index (κ1) is 25.7. The topological polar surface area (TPSA) is 105 Å². The molecule has 33 heavy (non-hydrogen) atoms. The lowest BCUT2D eigenvalue weighted by Gasteiger charge is -2.08. The Morgan fingerprint density at radius 3 is 1.61 bits per heavy atom. The van der Waals surface area contributed by atoms with Crippen LogP contribution in [0.15, 0.2) is 48.6 Å². The summed E-state index contributed by atoms with van der Waals surface area (Å²) in [7, 11) is 2.87. The van der Waals surface area contributed by atoms with Gasteiger partial charge in [0.05, 0.1) is 20.6 Å². The van der Waals surface area contributed by atoms with Crippen molar-refractivity contribution in [3.8, 4) is 23.0 Å². The second kappa shape index (κ2) is 13.8. The van der Waals surface area contributed by atoms with E-state index in [1.807, 2.05) is 0 Å². The molecule has 0 radical (unpaired) electrons. The van der Waals surface area contributed by atoms with E-state index in [9.17, 15) is 19.8 Å². The summed E-state index contributed by atoms with van der Waals surface area (Å²) < 4.78 is 10.00. The number of nitrogens with one attached hydrogen (secondary N) is 1. The highest BCUT2D eigenvalue weighted by Crippen LogP contribution is 2.27. The van der Waals surface area contributed by atoms with Crippen LogP contribution in [-0.2, 0) is 9.59 Å². The molecule has 7 heteroatoms. The summed E-state index contributed by atoms with van der Waals surface area (Å²) in [6.07, 6.45) is 9.66. The van der Waals surface area contributed by atoms with E-state index in [0.717, 1.165) is 0 Å². The van der Waals surface area contributed by atoms with Gasteiger partial charge in [-0.2, -0.15) is 0 Å². The van der Waals surface area contributed by atoms with Gasteiger partial charge in [-0.1, -0.05) is 30.7 Å². The second-order valence-electron chi connectivity index (χ2n) is 7.45. The summed E-state index contributed by atoms with van der Waals surface area (Å²) in [6.45, 7) is 2.50. The molecule has 1 fully saturated rings. The van der Waals surface area contributed by atoms with Crippen LogP contribution in [0.5, 0.6) is 23.0 Å². The fourth-order valence-corrected chi connectivity index (χ4v) is 3.07. The summed E-state index contributed by atoms with van der Waals surface area (Å²) in [6, 6.07) is 9.34. The van der Waals surface area contributed by atoms with Crippen molar-refractivity contribution >= 4 is 23.7 Å². The maximum Gasteiger partial charge on any atom is 0.163 e. The largest absolute Gasteiger partial charge is 0.504 e. The number of allylic oxidation sites excluding steroid dienone is 2. The monoisotopic (exact) mass is 453 g/mol. The fraction of sp³-hybridized carbons (Fsp3) is 0.308. The van der Waals surface area contributed by atoms with Crippen molar-refractivity contribution in [1.82, 2.24) is 5.32 Å². The first-order valence-corrected chi connectivity index (χ1v) is 10.8. The smallest absolute Gasteiger partial charge is 0.163 e. The molecule has 2 aromatic carbocycles. The first-order valence-electron chi connectivity index (χ1n) is 10.8. The van der Waals surface area contributed by atoms with Crippen LogP contribution >= 0.6 is 0 Å². The van der Waals surface area contributed by atoms with Gasteiger partial charge < -0.3 is 25.0 Å². The number of ketones is 2. The molecule has 0 bridgehead atoms. The number of ether oxygens (including phenoxy) is 2. The van der Waals surface area contributed by atoms with Gasteiger partial charge in [0.2, 0.25) is 0 Å². The molecular weight excluding hydrogens is 422 g/mol. The van der Waals surface area contributed by atoms with Gasteiger partial charge >= 0.3 is 0 Å². The van der Waals surface area contributed by atoms with Crippen molar-refractivity contribution < 1.29 is 29.3 Å². The molecule has 0 aliphatic carbocycles. The van der Waals surface area contributed by atoms with E-state index in [1.54, 1.807) is 36.4 Å². The molecule has 3 N–H and O–H groups in total. The molecule has 0 saturated carbocycles. The average Bonchev–Trinajstić information content (AvgIpc) is 2.84. The molecule has 1 saturated heterocycles. The summed E-state index contributed by atoms with van der Waals surface area (Å²) in [5.74, 6) is -0.0832. The lowest BCUT2D eigenvalue weighted by atomic mass is 10.1. The van der Waals surface area contributed by atoms with E-state index >= 15 is 0 Å². The minimum atomic E-state index is -0.347. The Labute approximate surface area is 194 Å². The van der Waals surface area contributed by atoms with E-state index in [2.05, 4.69) is 5.32 Å². The van der Waals surface area contributed by atoms with Gasteiger partial charge in [0.15, 0.2) is 34.6 Å². The molecule has 1 aliphatic heterocycles. The average molecular weight is 454 g/mol. The van der Waals surface area contributed by atoms with Gasteiger partial charge in [0, 0.05) is 0 Å².